The van der Waals surface area contributed by atoms with Crippen molar-refractivity contribution in [2.45, 2.75) is 38.1 Å². The van der Waals surface area contributed by atoms with E-state index in [-0.39, 0.29) is 22.5 Å². The Labute approximate surface area is 212 Å². The van der Waals surface area contributed by atoms with E-state index in [1.807, 2.05) is 20.8 Å². The zero-order valence-electron chi connectivity index (χ0n) is 20.8. The monoisotopic (exact) mass is 509 g/mol. The van der Waals surface area contributed by atoms with Gasteiger partial charge in [-0.15, -0.1) is 0 Å². The number of sulfonamides is 1. The molecule has 1 atom stereocenters. The molecule has 0 aromatic heterocycles. The molecule has 0 aliphatic heterocycles. The fourth-order valence-electron chi connectivity index (χ4n) is 3.43. The first-order valence-corrected chi connectivity index (χ1v) is 13.0. The maximum Gasteiger partial charge on any atom is 0.264 e. The lowest BCUT2D eigenvalue weighted by Gasteiger charge is -2.25. The molecule has 0 aliphatic carbocycles. The smallest absolute Gasteiger partial charge is 0.264 e. The molecule has 0 saturated carbocycles. The molecule has 0 saturated heterocycles. The molecule has 0 bridgehead atoms. The van der Waals surface area contributed by atoms with Gasteiger partial charge in [0.25, 0.3) is 15.9 Å². The van der Waals surface area contributed by atoms with Gasteiger partial charge in [0.05, 0.1) is 28.9 Å². The molecule has 3 rings (SSSR count). The minimum absolute atomic E-state index is 0.0375. The van der Waals surface area contributed by atoms with Crippen LogP contribution in [0.2, 0.25) is 0 Å². The van der Waals surface area contributed by atoms with E-state index in [1.54, 1.807) is 60.7 Å². The molecule has 9 heteroatoms. The minimum Gasteiger partial charge on any atom is -0.497 e. The second-order valence-corrected chi connectivity index (χ2v) is 10.3. The van der Waals surface area contributed by atoms with E-state index >= 15 is 0 Å². The molecule has 2 N–H and O–H groups in total. The number of benzene rings is 3. The van der Waals surface area contributed by atoms with Gasteiger partial charge in [0.15, 0.2) is 0 Å². The van der Waals surface area contributed by atoms with Crippen LogP contribution in [0.5, 0.6) is 5.75 Å². The van der Waals surface area contributed by atoms with Crippen LogP contribution >= 0.6 is 0 Å². The van der Waals surface area contributed by atoms with Crippen LogP contribution in [0.4, 0.5) is 11.4 Å². The van der Waals surface area contributed by atoms with E-state index in [0.29, 0.717) is 17.0 Å². The van der Waals surface area contributed by atoms with E-state index in [0.717, 1.165) is 16.3 Å². The van der Waals surface area contributed by atoms with Gasteiger partial charge in [-0.3, -0.25) is 13.9 Å². The highest BCUT2D eigenvalue weighted by Gasteiger charge is 2.28. The summed E-state index contributed by atoms with van der Waals surface area (Å²) in [4.78, 5) is 25.9. The van der Waals surface area contributed by atoms with Crippen molar-refractivity contribution in [3.8, 4) is 5.75 Å². The van der Waals surface area contributed by atoms with Crippen molar-refractivity contribution in [3.63, 3.8) is 0 Å². The van der Waals surface area contributed by atoms with Crippen LogP contribution in [0.3, 0.4) is 0 Å². The number of carbonyl (C=O) groups is 2. The number of anilines is 2. The average Bonchev–Trinajstić information content (AvgIpc) is 2.87. The van der Waals surface area contributed by atoms with Crippen LogP contribution in [0, 0.1) is 6.92 Å². The maximum absolute atomic E-state index is 13.6. The zero-order valence-corrected chi connectivity index (χ0v) is 21.6. The van der Waals surface area contributed by atoms with Gasteiger partial charge in [-0.2, -0.15) is 0 Å². The molecule has 3 aromatic rings. The highest BCUT2D eigenvalue weighted by Crippen LogP contribution is 2.27. The second-order valence-electron chi connectivity index (χ2n) is 8.40. The summed E-state index contributed by atoms with van der Waals surface area (Å²) in [7, 11) is -2.61. The van der Waals surface area contributed by atoms with Crippen molar-refractivity contribution in [3.05, 3.63) is 83.9 Å². The lowest BCUT2D eigenvalue weighted by Crippen LogP contribution is -2.38. The lowest BCUT2D eigenvalue weighted by molar-refractivity contribution is -0.114. The summed E-state index contributed by atoms with van der Waals surface area (Å²) >= 11 is 0. The fraction of sp³-hybridized carbons (Fsp3) is 0.259. The summed E-state index contributed by atoms with van der Waals surface area (Å²) in [6.07, 6.45) is 0.757. The predicted molar refractivity (Wildman–Crippen MR) is 141 cm³/mol. The topological polar surface area (TPSA) is 105 Å². The van der Waals surface area contributed by atoms with Crippen molar-refractivity contribution in [1.29, 1.82) is 0 Å². The normalized spacial score (nSPS) is 11.9. The first kappa shape index (κ1) is 26.7. The first-order valence-electron chi connectivity index (χ1n) is 11.6. The van der Waals surface area contributed by atoms with Crippen molar-refractivity contribution in [2.24, 2.45) is 0 Å². The van der Waals surface area contributed by atoms with Crippen LogP contribution in [0.1, 0.15) is 36.2 Å². The highest BCUT2D eigenvalue weighted by atomic mass is 32.2. The number of rotatable bonds is 10. The molecular weight excluding hydrogens is 478 g/mol. The van der Waals surface area contributed by atoms with Gasteiger partial charge < -0.3 is 15.4 Å². The Balaban J connectivity index is 1.93. The van der Waals surface area contributed by atoms with E-state index < -0.39 is 22.5 Å². The number of ether oxygens (including phenoxy) is 1. The van der Waals surface area contributed by atoms with Crippen LogP contribution in [-0.2, 0) is 14.8 Å². The third-order valence-corrected chi connectivity index (χ3v) is 7.46. The Hall–Kier alpha value is -3.85. The van der Waals surface area contributed by atoms with Gasteiger partial charge in [0.1, 0.15) is 12.3 Å². The minimum atomic E-state index is -4.09. The fourth-order valence-corrected chi connectivity index (χ4v) is 4.84. The molecule has 0 aliphatic rings. The SMILES string of the molecule is CC[C@@H](C)NC(=O)c1ccccc1NC(=O)CN(c1cccc(OC)c1)S(=O)(=O)c1ccc(C)cc1. The molecule has 0 fully saturated rings. The molecule has 0 unspecified atom stereocenters. The van der Waals surface area contributed by atoms with Crippen molar-refractivity contribution in [2.75, 3.05) is 23.3 Å². The molecule has 190 valence electrons. The van der Waals surface area contributed by atoms with Crippen molar-refractivity contribution < 1.29 is 22.7 Å². The number of hydrogen-bond acceptors (Lipinski definition) is 5. The van der Waals surface area contributed by atoms with Crippen LogP contribution in [-0.4, -0.2) is 39.9 Å². The summed E-state index contributed by atoms with van der Waals surface area (Å²) in [5.41, 5.74) is 1.77. The van der Waals surface area contributed by atoms with E-state index in [1.165, 1.54) is 19.2 Å². The summed E-state index contributed by atoms with van der Waals surface area (Å²) in [5.74, 6) is -0.474. The molecule has 0 heterocycles. The van der Waals surface area contributed by atoms with E-state index in [9.17, 15) is 18.0 Å². The summed E-state index contributed by atoms with van der Waals surface area (Å²) in [6, 6.07) is 19.4. The van der Waals surface area contributed by atoms with Crippen molar-refractivity contribution in [1.82, 2.24) is 5.32 Å². The summed E-state index contributed by atoms with van der Waals surface area (Å²) in [5, 5.41) is 5.59. The number of nitrogens with zero attached hydrogens (tertiary/aromatic N) is 1. The van der Waals surface area contributed by atoms with Gasteiger partial charge in [0.2, 0.25) is 5.91 Å². The van der Waals surface area contributed by atoms with Gasteiger partial charge in [0, 0.05) is 12.1 Å². The van der Waals surface area contributed by atoms with Gasteiger partial charge >= 0.3 is 0 Å². The summed E-state index contributed by atoms with van der Waals surface area (Å²) in [6.45, 7) is 5.20. The molecular formula is C27H31N3O5S. The first-order chi connectivity index (χ1) is 17.1. The number of amides is 2. The highest BCUT2D eigenvalue weighted by molar-refractivity contribution is 7.92. The van der Waals surface area contributed by atoms with Crippen LogP contribution < -0.4 is 19.7 Å². The molecule has 0 spiro atoms. The summed E-state index contributed by atoms with van der Waals surface area (Å²) < 4.78 is 33.5. The number of methoxy groups -OCH3 is 1. The molecule has 36 heavy (non-hydrogen) atoms. The Kier molecular flexibility index (Phi) is 8.71. The Bertz CT molecular complexity index is 1320. The second kappa shape index (κ2) is 11.7. The van der Waals surface area contributed by atoms with Gasteiger partial charge in [-0.05, 0) is 56.7 Å². The predicted octanol–water partition coefficient (Wildman–Crippen LogP) is 4.37. The zero-order chi connectivity index (χ0) is 26.3. The van der Waals surface area contributed by atoms with Crippen molar-refractivity contribution >= 4 is 33.2 Å². The quantitative estimate of drug-likeness (QED) is 0.422. The number of aryl methyl sites for hydroxylation is 1. The Morgan fingerprint density at radius 2 is 1.69 bits per heavy atom. The van der Waals surface area contributed by atoms with E-state index in [2.05, 4.69) is 10.6 Å². The third kappa shape index (κ3) is 6.42. The maximum atomic E-state index is 13.6. The third-order valence-electron chi connectivity index (χ3n) is 5.67. The lowest BCUT2D eigenvalue weighted by atomic mass is 10.1. The molecule has 8 nitrogen and oxygen atoms in total. The standard InChI is InChI=1S/C27H31N3O5S/c1-5-20(3)28-27(32)24-11-6-7-12-25(24)29-26(31)18-30(21-9-8-10-22(17-21)35-4)36(33,34)23-15-13-19(2)14-16-23/h6-17,20H,5,18H2,1-4H3,(H,28,32)(H,29,31)/t20-/m1/s1. The largest absolute Gasteiger partial charge is 0.497 e. The van der Waals surface area contributed by atoms with Crippen LogP contribution in [0.25, 0.3) is 0 Å². The average molecular weight is 510 g/mol. The van der Waals surface area contributed by atoms with Gasteiger partial charge in [-0.25, -0.2) is 8.42 Å². The number of para-hydroxylation sites is 1. The van der Waals surface area contributed by atoms with E-state index in [4.69, 9.17) is 4.74 Å². The van der Waals surface area contributed by atoms with Crippen LogP contribution in [0.15, 0.2) is 77.7 Å². The Morgan fingerprint density at radius 3 is 2.36 bits per heavy atom. The number of carbonyl (C=O) groups excluding carboxylic acids is 2. The molecule has 0 radical (unpaired) electrons. The molecule has 3 aromatic carbocycles. The van der Waals surface area contributed by atoms with Gasteiger partial charge in [-0.1, -0.05) is 42.8 Å². The molecule has 2 amide bonds. The number of hydrogen-bond donors (Lipinski definition) is 2. The Morgan fingerprint density at radius 1 is 1.00 bits per heavy atom. The number of nitrogens with one attached hydrogen (secondary N) is 2.